The third kappa shape index (κ3) is 2.58. The Balaban J connectivity index is 1.62. The van der Waals surface area contributed by atoms with Crippen LogP contribution in [0, 0.1) is 0 Å². The summed E-state index contributed by atoms with van der Waals surface area (Å²) < 4.78 is 0. The fraction of sp³-hybridized carbons (Fsp3) is 0.467. The average molecular weight is 289 g/mol. The number of likely N-dealkylation sites (N-methyl/N-ethyl adjacent to an activating group) is 1. The molecule has 0 saturated carbocycles. The fourth-order valence-electron chi connectivity index (χ4n) is 2.98. The number of carbonyl (C=O) groups is 2. The number of aromatic hydroxyl groups is 1. The molecule has 0 radical (unpaired) electrons. The van der Waals surface area contributed by atoms with Crippen LogP contribution in [-0.2, 0) is 9.59 Å². The number of phenols is 1. The molecule has 2 aliphatic heterocycles. The Morgan fingerprint density at radius 2 is 1.67 bits per heavy atom. The molecular formula is C15H19N3O3. The Kier molecular flexibility index (Phi) is 3.55. The van der Waals surface area contributed by atoms with Crippen LogP contribution in [0.2, 0.25) is 0 Å². The lowest BCUT2D eigenvalue weighted by atomic mass is 10.1. The normalized spacial score (nSPS) is 24.0. The van der Waals surface area contributed by atoms with E-state index in [1.54, 1.807) is 19.2 Å². The second kappa shape index (κ2) is 5.37. The van der Waals surface area contributed by atoms with Crippen LogP contribution in [0.25, 0.3) is 0 Å². The van der Waals surface area contributed by atoms with Gasteiger partial charge in [0, 0.05) is 38.9 Å². The highest BCUT2D eigenvalue weighted by atomic mass is 16.3. The third-order valence-electron chi connectivity index (χ3n) is 4.33. The number of carbonyl (C=O) groups excluding carboxylic acids is 2. The van der Waals surface area contributed by atoms with Crippen molar-refractivity contribution in [3.05, 3.63) is 24.3 Å². The number of hydrogen-bond donors (Lipinski definition) is 1. The maximum Gasteiger partial charge on any atom is 0.246 e. The Morgan fingerprint density at radius 1 is 1.05 bits per heavy atom. The van der Waals surface area contributed by atoms with Gasteiger partial charge in [0.2, 0.25) is 11.8 Å². The monoisotopic (exact) mass is 289 g/mol. The number of rotatable bonds is 2. The highest BCUT2D eigenvalue weighted by Crippen LogP contribution is 2.23. The zero-order chi connectivity index (χ0) is 15.0. The first-order valence-electron chi connectivity index (χ1n) is 7.14. The maximum absolute atomic E-state index is 12.0. The number of piperazine rings is 1. The predicted molar refractivity (Wildman–Crippen MR) is 78.1 cm³/mol. The Hall–Kier alpha value is -2.08. The lowest BCUT2D eigenvalue weighted by Crippen LogP contribution is -2.52. The smallest absolute Gasteiger partial charge is 0.246 e. The lowest BCUT2D eigenvalue weighted by molar-refractivity contribution is -0.138. The molecule has 21 heavy (non-hydrogen) atoms. The van der Waals surface area contributed by atoms with Gasteiger partial charge in [-0.15, -0.1) is 0 Å². The van der Waals surface area contributed by atoms with Gasteiger partial charge < -0.3 is 10.0 Å². The Morgan fingerprint density at radius 3 is 2.19 bits per heavy atom. The van der Waals surface area contributed by atoms with E-state index in [1.807, 2.05) is 12.1 Å². The van der Waals surface area contributed by atoms with Crippen LogP contribution in [0.5, 0.6) is 5.75 Å². The molecular weight excluding hydrogens is 270 g/mol. The van der Waals surface area contributed by atoms with E-state index in [2.05, 4.69) is 9.80 Å². The van der Waals surface area contributed by atoms with E-state index in [4.69, 9.17) is 0 Å². The van der Waals surface area contributed by atoms with E-state index in [-0.39, 0.29) is 23.6 Å². The minimum absolute atomic E-state index is 0.0851. The molecule has 0 aromatic heterocycles. The van der Waals surface area contributed by atoms with E-state index in [0.717, 1.165) is 31.9 Å². The molecule has 2 amide bonds. The van der Waals surface area contributed by atoms with Gasteiger partial charge in [-0.25, -0.2) is 0 Å². The van der Waals surface area contributed by atoms with Gasteiger partial charge in [0.1, 0.15) is 5.75 Å². The van der Waals surface area contributed by atoms with Gasteiger partial charge in [0.15, 0.2) is 0 Å². The quantitative estimate of drug-likeness (QED) is 0.792. The molecule has 2 saturated heterocycles. The predicted octanol–water partition coefficient (Wildman–Crippen LogP) is 0.271. The average Bonchev–Trinajstić information content (AvgIpc) is 2.76. The molecule has 1 N–H and O–H groups in total. The first-order valence-corrected chi connectivity index (χ1v) is 7.14. The summed E-state index contributed by atoms with van der Waals surface area (Å²) in [6, 6.07) is 6.85. The number of benzene rings is 1. The van der Waals surface area contributed by atoms with Crippen LogP contribution in [0.3, 0.4) is 0 Å². The zero-order valence-corrected chi connectivity index (χ0v) is 12.0. The van der Waals surface area contributed by atoms with E-state index in [0.29, 0.717) is 6.42 Å². The van der Waals surface area contributed by atoms with Crippen molar-refractivity contribution in [3.8, 4) is 5.75 Å². The molecule has 0 aliphatic carbocycles. The molecule has 1 aromatic carbocycles. The van der Waals surface area contributed by atoms with Crippen molar-refractivity contribution in [2.45, 2.75) is 12.5 Å². The number of hydrogen-bond acceptors (Lipinski definition) is 5. The van der Waals surface area contributed by atoms with Crippen LogP contribution in [0.4, 0.5) is 5.69 Å². The number of imide groups is 1. The number of likely N-dealkylation sites (tertiary alicyclic amines) is 1. The van der Waals surface area contributed by atoms with Gasteiger partial charge >= 0.3 is 0 Å². The van der Waals surface area contributed by atoms with Crippen molar-refractivity contribution in [2.75, 3.05) is 38.1 Å². The first kappa shape index (κ1) is 13.9. The van der Waals surface area contributed by atoms with Gasteiger partial charge in [-0.1, -0.05) is 0 Å². The Bertz CT molecular complexity index is 550. The van der Waals surface area contributed by atoms with Crippen molar-refractivity contribution in [3.63, 3.8) is 0 Å². The van der Waals surface area contributed by atoms with Gasteiger partial charge in [-0.2, -0.15) is 0 Å². The second-order valence-electron chi connectivity index (χ2n) is 5.55. The van der Waals surface area contributed by atoms with Crippen molar-refractivity contribution >= 4 is 17.5 Å². The summed E-state index contributed by atoms with van der Waals surface area (Å²) in [7, 11) is 1.55. The number of amides is 2. The molecule has 0 spiro atoms. The second-order valence-corrected chi connectivity index (χ2v) is 5.55. The maximum atomic E-state index is 12.0. The van der Waals surface area contributed by atoms with Crippen molar-refractivity contribution < 1.29 is 14.7 Å². The van der Waals surface area contributed by atoms with Crippen molar-refractivity contribution in [2.24, 2.45) is 0 Å². The number of anilines is 1. The first-order chi connectivity index (χ1) is 10.1. The van der Waals surface area contributed by atoms with Gasteiger partial charge in [0.25, 0.3) is 0 Å². The summed E-state index contributed by atoms with van der Waals surface area (Å²) in [5.74, 6) is 0.0829. The van der Waals surface area contributed by atoms with E-state index in [1.165, 1.54) is 4.90 Å². The summed E-state index contributed by atoms with van der Waals surface area (Å²) in [6.07, 6.45) is 0.300. The standard InChI is InChI=1S/C15H19N3O3/c1-16-14(20)10-13(15(16)21)18-8-6-17(7-9-18)11-2-4-12(19)5-3-11/h2-5,13,19H,6-10H2,1H3. The molecule has 1 atom stereocenters. The Labute approximate surface area is 123 Å². The zero-order valence-electron chi connectivity index (χ0n) is 12.0. The van der Waals surface area contributed by atoms with Gasteiger partial charge in [-0.3, -0.25) is 19.4 Å². The highest BCUT2D eigenvalue weighted by molar-refractivity contribution is 6.05. The fourth-order valence-corrected chi connectivity index (χ4v) is 2.98. The molecule has 1 unspecified atom stereocenters. The van der Waals surface area contributed by atoms with Crippen molar-refractivity contribution in [1.82, 2.24) is 9.80 Å². The molecule has 6 heteroatoms. The minimum atomic E-state index is -0.288. The molecule has 1 aromatic rings. The van der Waals surface area contributed by atoms with Gasteiger partial charge in [-0.05, 0) is 24.3 Å². The topological polar surface area (TPSA) is 64.1 Å². The van der Waals surface area contributed by atoms with Crippen LogP contribution < -0.4 is 4.90 Å². The minimum Gasteiger partial charge on any atom is -0.508 e. The molecule has 2 heterocycles. The van der Waals surface area contributed by atoms with E-state index >= 15 is 0 Å². The lowest BCUT2D eigenvalue weighted by Gasteiger charge is -2.38. The summed E-state index contributed by atoms with van der Waals surface area (Å²) in [6.45, 7) is 3.15. The third-order valence-corrected chi connectivity index (χ3v) is 4.33. The van der Waals surface area contributed by atoms with E-state index in [9.17, 15) is 14.7 Å². The molecule has 2 aliphatic rings. The van der Waals surface area contributed by atoms with Gasteiger partial charge in [0.05, 0.1) is 12.5 Å². The highest BCUT2D eigenvalue weighted by Gasteiger charge is 2.40. The number of nitrogens with zero attached hydrogens (tertiary/aromatic N) is 3. The summed E-state index contributed by atoms with van der Waals surface area (Å²) in [5.41, 5.74) is 1.07. The molecule has 2 fully saturated rings. The SMILES string of the molecule is CN1C(=O)CC(N2CCN(c3ccc(O)cc3)CC2)C1=O. The molecule has 3 rings (SSSR count). The van der Waals surface area contributed by atoms with Crippen molar-refractivity contribution in [1.29, 1.82) is 0 Å². The molecule has 0 bridgehead atoms. The van der Waals surface area contributed by atoms with E-state index < -0.39 is 0 Å². The summed E-state index contributed by atoms with van der Waals surface area (Å²) in [4.78, 5) is 29.2. The molecule has 6 nitrogen and oxygen atoms in total. The van der Waals surface area contributed by atoms with Crippen LogP contribution in [-0.4, -0.2) is 66.0 Å². The summed E-state index contributed by atoms with van der Waals surface area (Å²) in [5, 5.41) is 9.32. The summed E-state index contributed by atoms with van der Waals surface area (Å²) >= 11 is 0. The van der Waals surface area contributed by atoms with Crippen LogP contribution >= 0.6 is 0 Å². The molecule has 112 valence electrons. The van der Waals surface area contributed by atoms with Crippen LogP contribution in [0.15, 0.2) is 24.3 Å². The van der Waals surface area contributed by atoms with Crippen LogP contribution in [0.1, 0.15) is 6.42 Å². The largest absolute Gasteiger partial charge is 0.508 e. The number of phenolic OH excluding ortho intramolecular Hbond substituents is 1.